The third-order valence-electron chi connectivity index (χ3n) is 2.49. The molecule has 1 atom stereocenters. The number of fused-ring (bicyclic) bond motifs is 1. The number of nitrogens with one attached hydrogen (secondary N) is 1. The Balaban J connectivity index is 2.53. The molecule has 0 fully saturated rings. The minimum absolute atomic E-state index is 0.243. The quantitative estimate of drug-likeness (QED) is 0.502. The Morgan fingerprint density at radius 2 is 1.88 bits per heavy atom. The van der Waals surface area contributed by atoms with Crippen molar-refractivity contribution in [1.82, 2.24) is 5.43 Å². The van der Waals surface area contributed by atoms with Crippen LogP contribution >= 0.6 is 15.9 Å². The molecule has 0 aliphatic heterocycles. The molecule has 0 spiro atoms. The van der Waals surface area contributed by atoms with Crippen LogP contribution in [0.4, 0.5) is 0 Å². The Morgan fingerprint density at radius 1 is 1.19 bits per heavy atom. The Kier molecular flexibility index (Phi) is 3.25. The van der Waals surface area contributed by atoms with E-state index in [4.69, 9.17) is 12.3 Å². The molecule has 0 aliphatic rings. The lowest BCUT2D eigenvalue weighted by molar-refractivity contribution is 0.674. The summed E-state index contributed by atoms with van der Waals surface area (Å²) in [6.07, 6.45) is 5.38. The first-order valence-electron chi connectivity index (χ1n) is 4.86. The van der Waals surface area contributed by atoms with E-state index < -0.39 is 0 Å². The smallest absolute Gasteiger partial charge is 0.106 e. The molecule has 0 bridgehead atoms. The molecule has 2 rings (SSSR count). The standard InChI is InChI=1S/C13H11BrN2/c1-2-13(16-15)11-4-3-10-8-12(14)6-5-9(10)7-11/h1,3-8,13,16H,15H2. The third-order valence-corrected chi connectivity index (χ3v) is 2.99. The summed E-state index contributed by atoms with van der Waals surface area (Å²) in [6.45, 7) is 0. The third kappa shape index (κ3) is 2.10. The van der Waals surface area contributed by atoms with E-state index in [-0.39, 0.29) is 6.04 Å². The number of hydrogen-bond donors (Lipinski definition) is 2. The summed E-state index contributed by atoms with van der Waals surface area (Å²) in [4.78, 5) is 0. The number of hydrazine groups is 1. The van der Waals surface area contributed by atoms with Crippen LogP contribution in [0.5, 0.6) is 0 Å². The molecule has 2 aromatic carbocycles. The van der Waals surface area contributed by atoms with Gasteiger partial charge >= 0.3 is 0 Å². The van der Waals surface area contributed by atoms with Gasteiger partial charge < -0.3 is 0 Å². The van der Waals surface area contributed by atoms with Gasteiger partial charge in [-0.25, -0.2) is 5.43 Å². The number of terminal acetylenes is 1. The number of benzene rings is 2. The van der Waals surface area contributed by atoms with Crippen molar-refractivity contribution in [2.24, 2.45) is 5.84 Å². The Bertz CT molecular complexity index is 557. The van der Waals surface area contributed by atoms with Crippen LogP contribution in [0, 0.1) is 12.3 Å². The van der Waals surface area contributed by atoms with Gasteiger partial charge in [-0.05, 0) is 34.5 Å². The molecule has 80 valence electrons. The molecule has 0 saturated carbocycles. The summed E-state index contributed by atoms with van der Waals surface area (Å²) < 4.78 is 1.07. The molecule has 3 N–H and O–H groups in total. The number of rotatable bonds is 2. The van der Waals surface area contributed by atoms with Gasteiger partial charge in [0.15, 0.2) is 0 Å². The lowest BCUT2D eigenvalue weighted by Gasteiger charge is -2.10. The van der Waals surface area contributed by atoms with Gasteiger partial charge in [0.1, 0.15) is 6.04 Å². The van der Waals surface area contributed by atoms with Gasteiger partial charge in [0, 0.05) is 4.47 Å². The molecular formula is C13H11BrN2. The molecule has 1 unspecified atom stereocenters. The van der Waals surface area contributed by atoms with Crippen LogP contribution in [0.2, 0.25) is 0 Å². The average molecular weight is 275 g/mol. The predicted molar refractivity (Wildman–Crippen MR) is 70.5 cm³/mol. The second-order valence-electron chi connectivity index (χ2n) is 3.52. The van der Waals surface area contributed by atoms with Crippen molar-refractivity contribution in [3.63, 3.8) is 0 Å². The Morgan fingerprint density at radius 3 is 2.56 bits per heavy atom. The minimum atomic E-state index is -0.243. The molecule has 0 radical (unpaired) electrons. The van der Waals surface area contributed by atoms with Crippen LogP contribution in [-0.2, 0) is 0 Å². The zero-order chi connectivity index (χ0) is 11.5. The summed E-state index contributed by atoms with van der Waals surface area (Å²) in [5, 5.41) is 2.32. The average Bonchev–Trinajstić information content (AvgIpc) is 2.31. The zero-order valence-corrected chi connectivity index (χ0v) is 10.2. The van der Waals surface area contributed by atoms with Gasteiger partial charge in [-0.2, -0.15) is 0 Å². The van der Waals surface area contributed by atoms with E-state index >= 15 is 0 Å². The maximum absolute atomic E-state index is 5.38. The van der Waals surface area contributed by atoms with Gasteiger partial charge in [-0.1, -0.05) is 40.0 Å². The molecule has 0 aliphatic carbocycles. The van der Waals surface area contributed by atoms with E-state index in [1.807, 2.05) is 30.3 Å². The lowest BCUT2D eigenvalue weighted by Crippen LogP contribution is -2.26. The van der Waals surface area contributed by atoms with Crippen LogP contribution in [0.25, 0.3) is 10.8 Å². The van der Waals surface area contributed by atoms with Gasteiger partial charge in [0.2, 0.25) is 0 Å². The van der Waals surface area contributed by atoms with E-state index in [2.05, 4.69) is 33.3 Å². The first-order valence-corrected chi connectivity index (χ1v) is 5.65. The highest BCUT2D eigenvalue weighted by Crippen LogP contribution is 2.23. The first kappa shape index (κ1) is 11.2. The maximum atomic E-state index is 5.38. The predicted octanol–water partition coefficient (Wildman–Crippen LogP) is 2.74. The first-order chi connectivity index (χ1) is 7.74. The second kappa shape index (κ2) is 4.67. The van der Waals surface area contributed by atoms with Gasteiger partial charge in [-0.3, -0.25) is 5.84 Å². The van der Waals surface area contributed by atoms with Crippen molar-refractivity contribution in [2.45, 2.75) is 6.04 Å². The molecule has 2 nitrogen and oxygen atoms in total. The van der Waals surface area contributed by atoms with Crippen LogP contribution in [0.15, 0.2) is 40.9 Å². The highest BCUT2D eigenvalue weighted by molar-refractivity contribution is 9.10. The van der Waals surface area contributed by atoms with Crippen LogP contribution in [0.1, 0.15) is 11.6 Å². The molecule has 16 heavy (non-hydrogen) atoms. The molecule has 0 aromatic heterocycles. The summed E-state index contributed by atoms with van der Waals surface area (Å²) in [6, 6.07) is 12.0. The largest absolute Gasteiger partial charge is 0.270 e. The van der Waals surface area contributed by atoms with E-state index in [0.717, 1.165) is 15.4 Å². The van der Waals surface area contributed by atoms with Crippen molar-refractivity contribution < 1.29 is 0 Å². The summed E-state index contributed by atoms with van der Waals surface area (Å²) in [7, 11) is 0. The molecule has 0 amide bonds. The van der Waals surface area contributed by atoms with Gasteiger partial charge in [0.25, 0.3) is 0 Å². The fraction of sp³-hybridized carbons (Fsp3) is 0.0769. The van der Waals surface area contributed by atoms with E-state index in [0.29, 0.717) is 0 Å². The van der Waals surface area contributed by atoms with Crippen molar-refractivity contribution >= 4 is 26.7 Å². The molecule has 2 aromatic rings. The van der Waals surface area contributed by atoms with E-state index in [1.54, 1.807) is 0 Å². The Labute approximate surface area is 103 Å². The molecule has 0 saturated heterocycles. The van der Waals surface area contributed by atoms with Crippen molar-refractivity contribution in [2.75, 3.05) is 0 Å². The summed E-state index contributed by atoms with van der Waals surface area (Å²) >= 11 is 3.44. The normalized spacial score (nSPS) is 12.3. The number of halogens is 1. The van der Waals surface area contributed by atoms with Crippen molar-refractivity contribution in [3.05, 3.63) is 46.4 Å². The fourth-order valence-corrected chi connectivity index (χ4v) is 2.03. The highest BCUT2D eigenvalue weighted by atomic mass is 79.9. The maximum Gasteiger partial charge on any atom is 0.106 e. The molecule has 3 heteroatoms. The molecule has 0 heterocycles. The van der Waals surface area contributed by atoms with Crippen molar-refractivity contribution in [1.29, 1.82) is 0 Å². The number of nitrogens with two attached hydrogens (primary N) is 1. The topological polar surface area (TPSA) is 38.0 Å². The lowest BCUT2D eigenvalue weighted by atomic mass is 10.0. The van der Waals surface area contributed by atoms with Crippen LogP contribution < -0.4 is 11.3 Å². The number of hydrogen-bond acceptors (Lipinski definition) is 2. The SMILES string of the molecule is C#CC(NN)c1ccc2cc(Br)ccc2c1. The van der Waals surface area contributed by atoms with Gasteiger partial charge in [-0.15, -0.1) is 6.42 Å². The zero-order valence-electron chi connectivity index (χ0n) is 8.57. The monoisotopic (exact) mass is 274 g/mol. The van der Waals surface area contributed by atoms with Crippen LogP contribution in [-0.4, -0.2) is 0 Å². The van der Waals surface area contributed by atoms with Crippen LogP contribution in [0.3, 0.4) is 0 Å². The molecular weight excluding hydrogens is 264 g/mol. The van der Waals surface area contributed by atoms with E-state index in [9.17, 15) is 0 Å². The van der Waals surface area contributed by atoms with E-state index in [1.165, 1.54) is 5.39 Å². The van der Waals surface area contributed by atoms with Gasteiger partial charge in [0.05, 0.1) is 0 Å². The summed E-state index contributed by atoms with van der Waals surface area (Å²) in [5.41, 5.74) is 3.60. The Hall–Kier alpha value is -1.34. The minimum Gasteiger partial charge on any atom is -0.270 e. The van der Waals surface area contributed by atoms with Crippen molar-refractivity contribution in [3.8, 4) is 12.3 Å². The summed E-state index contributed by atoms with van der Waals surface area (Å²) in [5.74, 6) is 7.98. The fourth-order valence-electron chi connectivity index (χ4n) is 1.66. The second-order valence-corrected chi connectivity index (χ2v) is 4.43. The highest BCUT2D eigenvalue weighted by Gasteiger charge is 2.06.